The highest BCUT2D eigenvalue weighted by Gasteiger charge is 2.60. The summed E-state index contributed by atoms with van der Waals surface area (Å²) >= 11 is 0. The summed E-state index contributed by atoms with van der Waals surface area (Å²) in [7, 11) is 0. The number of benzene rings is 1. The molecular weight excluding hydrogens is 215 g/mol. The average Bonchev–Trinajstić information content (AvgIpc) is 2.63. The van der Waals surface area contributed by atoms with E-state index in [4.69, 9.17) is 6.85 Å². The monoisotopic (exact) mass is 232 g/mol. The standard InChI is InChI=1S/C12H12F3N/c13-12(14,15)10-4-2-1-3-9(10)11-5-8(11)6-16-7-11/h1-4,8,16H,5-7H2/i5D2,6D2,8D. The maximum Gasteiger partial charge on any atom is 0.416 e. The van der Waals surface area contributed by atoms with E-state index in [1.807, 2.05) is 0 Å². The second kappa shape index (κ2) is 3.00. The minimum atomic E-state index is -4.68. The van der Waals surface area contributed by atoms with Crippen LogP contribution in [0.15, 0.2) is 24.3 Å². The van der Waals surface area contributed by atoms with E-state index >= 15 is 0 Å². The predicted octanol–water partition coefficient (Wildman–Crippen LogP) is 2.57. The van der Waals surface area contributed by atoms with Gasteiger partial charge >= 0.3 is 6.18 Å². The smallest absolute Gasteiger partial charge is 0.316 e. The van der Waals surface area contributed by atoms with E-state index in [1.165, 1.54) is 12.1 Å². The highest BCUT2D eigenvalue weighted by atomic mass is 19.4. The third kappa shape index (κ3) is 1.29. The van der Waals surface area contributed by atoms with Crippen molar-refractivity contribution in [3.8, 4) is 0 Å². The van der Waals surface area contributed by atoms with Crippen LogP contribution in [0.1, 0.15) is 24.4 Å². The zero-order valence-corrected chi connectivity index (χ0v) is 8.15. The van der Waals surface area contributed by atoms with Gasteiger partial charge in [0.25, 0.3) is 0 Å². The van der Waals surface area contributed by atoms with Crippen molar-refractivity contribution in [1.82, 2.24) is 5.32 Å². The summed E-state index contributed by atoms with van der Waals surface area (Å²) in [5.74, 6) is -2.28. The fourth-order valence-corrected chi connectivity index (χ4v) is 2.12. The zero-order valence-electron chi connectivity index (χ0n) is 13.2. The van der Waals surface area contributed by atoms with Crippen LogP contribution < -0.4 is 5.32 Å². The van der Waals surface area contributed by atoms with Crippen molar-refractivity contribution >= 4 is 0 Å². The van der Waals surface area contributed by atoms with Crippen LogP contribution in [0.4, 0.5) is 13.2 Å². The number of nitrogens with one attached hydrogen (secondary N) is 1. The molecule has 0 bridgehead atoms. The minimum absolute atomic E-state index is 0.344. The molecule has 2 unspecified atom stereocenters. The average molecular weight is 232 g/mol. The van der Waals surface area contributed by atoms with E-state index < -0.39 is 35.9 Å². The summed E-state index contributed by atoms with van der Waals surface area (Å²) in [6.07, 6.45) is -7.06. The molecule has 16 heavy (non-hydrogen) atoms. The third-order valence-corrected chi connectivity index (χ3v) is 2.96. The second-order valence-corrected chi connectivity index (χ2v) is 3.93. The molecular formula is C12H12F3N. The van der Waals surface area contributed by atoms with Crippen molar-refractivity contribution in [1.29, 1.82) is 0 Å². The molecule has 1 saturated heterocycles. The number of hydrogen-bond acceptors (Lipinski definition) is 1. The Bertz CT molecular complexity index is 617. The summed E-state index contributed by atoms with van der Waals surface area (Å²) in [4.78, 5) is 0. The molecule has 1 aromatic carbocycles. The third-order valence-electron chi connectivity index (χ3n) is 2.96. The Labute approximate surface area is 98.7 Å². The van der Waals surface area contributed by atoms with Crippen molar-refractivity contribution in [2.75, 3.05) is 13.0 Å². The maximum absolute atomic E-state index is 13.2. The summed E-state index contributed by atoms with van der Waals surface area (Å²) in [6, 6.07) is 4.53. The molecule has 86 valence electrons. The molecule has 0 amide bonds. The Morgan fingerprint density at radius 2 is 2.19 bits per heavy atom. The Kier molecular flexibility index (Phi) is 1.14. The predicted molar refractivity (Wildman–Crippen MR) is 54.1 cm³/mol. The van der Waals surface area contributed by atoms with Gasteiger partial charge in [-0.15, -0.1) is 0 Å². The van der Waals surface area contributed by atoms with E-state index in [0.29, 0.717) is 0 Å². The van der Waals surface area contributed by atoms with Crippen LogP contribution in [0.2, 0.25) is 0 Å². The van der Waals surface area contributed by atoms with Gasteiger partial charge in [-0.3, -0.25) is 0 Å². The number of hydrogen-bond donors (Lipinski definition) is 1. The molecule has 1 aromatic rings. The molecule has 1 saturated carbocycles. The Balaban J connectivity index is 2.24. The van der Waals surface area contributed by atoms with E-state index in [0.717, 1.165) is 12.1 Å². The lowest BCUT2D eigenvalue weighted by Crippen LogP contribution is -2.22. The summed E-state index contributed by atoms with van der Waals surface area (Å²) < 4.78 is 79.0. The van der Waals surface area contributed by atoms with Crippen LogP contribution in [0.25, 0.3) is 0 Å². The lowest BCUT2D eigenvalue weighted by atomic mass is 9.90. The normalized spacial score (nSPS) is 48.1. The molecule has 0 radical (unpaired) electrons. The number of fused-ring (bicyclic) bond motifs is 1. The van der Waals surface area contributed by atoms with Gasteiger partial charge in [0.2, 0.25) is 0 Å². The molecule has 0 aromatic heterocycles. The quantitative estimate of drug-likeness (QED) is 0.784. The van der Waals surface area contributed by atoms with Crippen molar-refractivity contribution in [2.24, 2.45) is 5.89 Å². The highest BCUT2D eigenvalue weighted by molar-refractivity contribution is 5.43. The van der Waals surface area contributed by atoms with Gasteiger partial charge in [0, 0.05) is 18.8 Å². The molecule has 1 aliphatic heterocycles. The Morgan fingerprint density at radius 1 is 1.44 bits per heavy atom. The largest absolute Gasteiger partial charge is 0.416 e. The first-order chi connectivity index (χ1) is 9.43. The number of piperidine rings is 1. The SMILES string of the molecule is [2H]C1([2H])NCC2(c3ccccc3C(F)(F)F)C([2H])([2H])C12[2H]. The van der Waals surface area contributed by atoms with Crippen molar-refractivity contribution in [2.45, 2.75) is 18.0 Å². The molecule has 2 aliphatic rings. The topological polar surface area (TPSA) is 12.0 Å². The maximum atomic E-state index is 13.2. The van der Waals surface area contributed by atoms with Crippen LogP contribution >= 0.6 is 0 Å². The second-order valence-electron chi connectivity index (χ2n) is 3.93. The minimum Gasteiger partial charge on any atom is -0.316 e. The first kappa shape index (κ1) is 6.05. The number of alkyl halides is 3. The fourth-order valence-electron chi connectivity index (χ4n) is 2.12. The van der Waals surface area contributed by atoms with Crippen LogP contribution in [0, 0.1) is 5.89 Å². The summed E-state index contributed by atoms with van der Waals surface area (Å²) in [6.45, 7) is -2.74. The fraction of sp³-hybridized carbons (Fsp3) is 0.500. The van der Waals surface area contributed by atoms with E-state index in [9.17, 15) is 13.2 Å². The van der Waals surface area contributed by atoms with E-state index in [1.54, 1.807) is 0 Å². The first-order valence-corrected chi connectivity index (χ1v) is 4.85. The molecule has 1 nitrogen and oxygen atoms in total. The first-order valence-electron chi connectivity index (χ1n) is 7.35. The van der Waals surface area contributed by atoms with Gasteiger partial charge in [-0.1, -0.05) is 18.2 Å². The van der Waals surface area contributed by atoms with Gasteiger partial charge in [-0.05, 0) is 30.4 Å². The highest BCUT2D eigenvalue weighted by Crippen LogP contribution is 2.58. The number of rotatable bonds is 1. The van der Waals surface area contributed by atoms with Gasteiger partial charge in [0.15, 0.2) is 0 Å². The molecule has 0 spiro atoms. The van der Waals surface area contributed by atoms with E-state index in [-0.39, 0.29) is 12.1 Å². The molecule has 2 atom stereocenters. The molecule has 1 heterocycles. The van der Waals surface area contributed by atoms with Crippen LogP contribution in [-0.4, -0.2) is 13.0 Å². The van der Waals surface area contributed by atoms with Crippen LogP contribution in [-0.2, 0) is 11.6 Å². The van der Waals surface area contributed by atoms with E-state index in [2.05, 4.69) is 5.32 Å². The number of halogens is 3. The Hall–Kier alpha value is -1.03. The van der Waals surface area contributed by atoms with Crippen molar-refractivity contribution in [3.63, 3.8) is 0 Å². The molecule has 2 fully saturated rings. The molecule has 4 heteroatoms. The molecule has 3 rings (SSSR count). The van der Waals surface area contributed by atoms with Gasteiger partial charge in [-0.2, -0.15) is 13.2 Å². The van der Waals surface area contributed by atoms with Gasteiger partial charge in [-0.25, -0.2) is 0 Å². The molecule has 1 N–H and O–H groups in total. The summed E-state index contributed by atoms with van der Waals surface area (Å²) in [5.41, 5.74) is -3.20. The van der Waals surface area contributed by atoms with Crippen molar-refractivity contribution in [3.05, 3.63) is 35.4 Å². The van der Waals surface area contributed by atoms with Gasteiger partial charge < -0.3 is 5.32 Å². The lowest BCUT2D eigenvalue weighted by molar-refractivity contribution is -0.138. The van der Waals surface area contributed by atoms with Crippen LogP contribution in [0.5, 0.6) is 0 Å². The lowest BCUT2D eigenvalue weighted by Gasteiger charge is -2.19. The van der Waals surface area contributed by atoms with Gasteiger partial charge in [0.1, 0.15) is 0 Å². The summed E-state index contributed by atoms with van der Waals surface area (Å²) in [5, 5.41) is 2.35. The van der Waals surface area contributed by atoms with Crippen LogP contribution in [0.3, 0.4) is 0 Å². The van der Waals surface area contributed by atoms with Gasteiger partial charge in [0.05, 0.1) is 5.56 Å². The molecule has 1 aliphatic carbocycles. The Morgan fingerprint density at radius 3 is 2.81 bits per heavy atom. The van der Waals surface area contributed by atoms with Crippen molar-refractivity contribution < 1.29 is 20.0 Å². The zero-order chi connectivity index (χ0) is 15.9.